The molecule has 0 fully saturated rings. The molecule has 0 spiro atoms. The summed E-state index contributed by atoms with van der Waals surface area (Å²) in [5.74, 6) is 0. The van der Waals surface area contributed by atoms with Crippen molar-refractivity contribution in [2.24, 2.45) is 0 Å². The molecule has 0 aromatic rings. The van der Waals surface area contributed by atoms with Crippen molar-refractivity contribution in [1.29, 1.82) is 0 Å². The van der Waals surface area contributed by atoms with Gasteiger partial charge in [-0.25, -0.2) is 0 Å². The first-order valence-electron chi connectivity index (χ1n) is 4.77. The van der Waals surface area contributed by atoms with E-state index in [0.29, 0.717) is 0 Å². The molecule has 0 unspecified atom stereocenters. The zero-order valence-corrected chi connectivity index (χ0v) is 8.18. The Morgan fingerprint density at radius 1 is 1.25 bits per heavy atom. The van der Waals surface area contributed by atoms with Crippen LogP contribution in [-0.4, -0.2) is 0 Å². The second-order valence-electron chi connectivity index (χ2n) is 2.93. The maximum atomic E-state index is 3.79. The molecule has 0 heterocycles. The molecule has 0 aliphatic rings. The maximum Gasteiger partial charge on any atom is -0.0282 e. The zero-order chi connectivity index (χ0) is 9.23. The van der Waals surface area contributed by atoms with Gasteiger partial charge in [-0.2, -0.15) is 0 Å². The van der Waals surface area contributed by atoms with Crippen LogP contribution in [-0.2, 0) is 0 Å². The highest BCUT2D eigenvalue weighted by molar-refractivity contribution is 5.15. The second-order valence-corrected chi connectivity index (χ2v) is 2.93. The van der Waals surface area contributed by atoms with Crippen molar-refractivity contribution in [3.05, 3.63) is 37.0 Å². The van der Waals surface area contributed by atoms with E-state index in [2.05, 4.69) is 26.2 Å². The number of rotatable bonds is 7. The van der Waals surface area contributed by atoms with Crippen molar-refractivity contribution in [3.63, 3.8) is 0 Å². The first kappa shape index (κ1) is 11.2. The minimum absolute atomic E-state index is 1.11. The summed E-state index contributed by atoms with van der Waals surface area (Å²) in [5.41, 5.74) is 1.39. The summed E-state index contributed by atoms with van der Waals surface area (Å²) in [6.07, 6.45) is 12.1. The van der Waals surface area contributed by atoms with Gasteiger partial charge in [-0.15, -0.1) is 6.58 Å². The number of unbranched alkanes of at least 4 members (excludes halogenated alkanes) is 2. The lowest BCUT2D eigenvalue weighted by Crippen LogP contribution is -1.80. The first-order chi connectivity index (χ1) is 5.85. The highest BCUT2D eigenvalue weighted by Gasteiger charge is 1.90. The van der Waals surface area contributed by atoms with Crippen LogP contribution >= 0.6 is 0 Å². The molecule has 0 saturated heterocycles. The largest absolute Gasteiger partial charge is 0.103 e. The van der Waals surface area contributed by atoms with Gasteiger partial charge in [0.1, 0.15) is 0 Å². The molecule has 0 amide bonds. The molecule has 0 heteroatoms. The number of allylic oxidation sites excluding steroid dienone is 4. The lowest BCUT2D eigenvalue weighted by atomic mass is 10.1. The summed E-state index contributed by atoms with van der Waals surface area (Å²) >= 11 is 0. The van der Waals surface area contributed by atoms with Crippen LogP contribution in [0.5, 0.6) is 0 Å². The third-order valence-electron chi connectivity index (χ3n) is 1.85. The topological polar surface area (TPSA) is 0 Å². The third kappa shape index (κ3) is 5.96. The SMILES string of the molecule is C=CCCCCC(C=C)=CCC. The van der Waals surface area contributed by atoms with Crippen molar-refractivity contribution >= 4 is 0 Å². The Morgan fingerprint density at radius 3 is 2.50 bits per heavy atom. The Morgan fingerprint density at radius 2 is 2.00 bits per heavy atom. The molecule has 12 heavy (non-hydrogen) atoms. The fourth-order valence-electron chi connectivity index (χ4n) is 1.17. The fourth-order valence-corrected chi connectivity index (χ4v) is 1.17. The lowest BCUT2D eigenvalue weighted by molar-refractivity contribution is 0.749. The third-order valence-corrected chi connectivity index (χ3v) is 1.85. The monoisotopic (exact) mass is 164 g/mol. The van der Waals surface area contributed by atoms with Gasteiger partial charge in [0, 0.05) is 0 Å². The van der Waals surface area contributed by atoms with Crippen LogP contribution in [0.3, 0.4) is 0 Å². The predicted molar refractivity (Wildman–Crippen MR) is 57.2 cm³/mol. The molecule has 0 N–H and O–H groups in total. The van der Waals surface area contributed by atoms with Crippen LogP contribution in [0.15, 0.2) is 37.0 Å². The zero-order valence-electron chi connectivity index (χ0n) is 8.18. The molecule has 68 valence electrons. The van der Waals surface area contributed by atoms with E-state index in [4.69, 9.17) is 0 Å². The van der Waals surface area contributed by atoms with Gasteiger partial charge in [-0.05, 0) is 32.1 Å². The smallest absolute Gasteiger partial charge is 0.0282 e. The van der Waals surface area contributed by atoms with E-state index in [1.807, 2.05) is 12.2 Å². The highest BCUT2D eigenvalue weighted by atomic mass is 14.0. The van der Waals surface area contributed by atoms with Crippen molar-refractivity contribution in [3.8, 4) is 0 Å². The molecular formula is C12H20. The van der Waals surface area contributed by atoms with Crippen LogP contribution in [0.4, 0.5) is 0 Å². The Labute approximate surface area is 76.7 Å². The molecule has 0 aromatic heterocycles. The van der Waals surface area contributed by atoms with Crippen LogP contribution in [0, 0.1) is 0 Å². The molecule has 0 atom stereocenters. The number of hydrogen-bond donors (Lipinski definition) is 0. The van der Waals surface area contributed by atoms with Gasteiger partial charge in [-0.3, -0.25) is 0 Å². The van der Waals surface area contributed by atoms with Crippen LogP contribution in [0.1, 0.15) is 39.0 Å². The van der Waals surface area contributed by atoms with Crippen molar-refractivity contribution in [2.75, 3.05) is 0 Å². The van der Waals surface area contributed by atoms with E-state index in [-0.39, 0.29) is 0 Å². The maximum absolute atomic E-state index is 3.79. The summed E-state index contributed by atoms with van der Waals surface area (Å²) < 4.78 is 0. The van der Waals surface area contributed by atoms with Crippen LogP contribution < -0.4 is 0 Å². The van der Waals surface area contributed by atoms with Gasteiger partial charge < -0.3 is 0 Å². The number of hydrogen-bond acceptors (Lipinski definition) is 0. The summed E-state index contributed by atoms with van der Waals surface area (Å²) in [6, 6.07) is 0. The van der Waals surface area contributed by atoms with Gasteiger partial charge in [0.15, 0.2) is 0 Å². The van der Waals surface area contributed by atoms with Gasteiger partial charge in [0.25, 0.3) is 0 Å². The quantitative estimate of drug-likeness (QED) is 0.300. The molecular weight excluding hydrogens is 144 g/mol. The van der Waals surface area contributed by atoms with E-state index < -0.39 is 0 Å². The molecule has 0 aliphatic carbocycles. The average Bonchev–Trinajstić information content (AvgIpc) is 2.10. The Kier molecular flexibility index (Phi) is 7.78. The van der Waals surface area contributed by atoms with E-state index in [1.54, 1.807) is 0 Å². The Bertz CT molecular complexity index is 151. The van der Waals surface area contributed by atoms with Gasteiger partial charge in [0.2, 0.25) is 0 Å². The van der Waals surface area contributed by atoms with E-state index >= 15 is 0 Å². The van der Waals surface area contributed by atoms with E-state index in [9.17, 15) is 0 Å². The van der Waals surface area contributed by atoms with Gasteiger partial charge in [0.05, 0.1) is 0 Å². The van der Waals surface area contributed by atoms with Crippen LogP contribution in [0.2, 0.25) is 0 Å². The predicted octanol–water partition coefficient (Wildman–Crippen LogP) is 4.26. The summed E-state index contributed by atoms with van der Waals surface area (Å²) in [6.45, 7) is 9.65. The average molecular weight is 164 g/mol. The van der Waals surface area contributed by atoms with Crippen molar-refractivity contribution in [2.45, 2.75) is 39.0 Å². The lowest BCUT2D eigenvalue weighted by Gasteiger charge is -1.99. The van der Waals surface area contributed by atoms with Gasteiger partial charge >= 0.3 is 0 Å². The fraction of sp³-hybridized carbons (Fsp3) is 0.500. The Balaban J connectivity index is 3.51. The molecule has 0 radical (unpaired) electrons. The van der Waals surface area contributed by atoms with Gasteiger partial charge in [-0.1, -0.05) is 37.3 Å². The minimum atomic E-state index is 1.11. The molecule has 0 saturated carbocycles. The van der Waals surface area contributed by atoms with E-state index in [1.165, 1.54) is 24.8 Å². The first-order valence-corrected chi connectivity index (χ1v) is 4.77. The Hall–Kier alpha value is -0.780. The van der Waals surface area contributed by atoms with Crippen molar-refractivity contribution < 1.29 is 0 Å². The standard InChI is InChI=1S/C12H20/c1-4-7-8-9-11-12(6-3)10-5-2/h4,6,10H,1,3,5,7-9,11H2,2H3. The normalized spacial score (nSPS) is 11.2. The summed E-state index contributed by atoms with van der Waals surface area (Å²) in [5, 5.41) is 0. The molecule has 0 aromatic carbocycles. The minimum Gasteiger partial charge on any atom is -0.103 e. The second kappa shape index (κ2) is 8.32. The molecule has 0 aliphatic heterocycles. The molecule has 0 bridgehead atoms. The molecule has 0 rings (SSSR count). The summed E-state index contributed by atoms with van der Waals surface area (Å²) in [7, 11) is 0. The van der Waals surface area contributed by atoms with Crippen molar-refractivity contribution in [1.82, 2.24) is 0 Å². The highest BCUT2D eigenvalue weighted by Crippen LogP contribution is 2.10. The molecule has 0 nitrogen and oxygen atoms in total. The van der Waals surface area contributed by atoms with E-state index in [0.717, 1.165) is 12.8 Å². The van der Waals surface area contributed by atoms with Crippen LogP contribution in [0.25, 0.3) is 0 Å². The summed E-state index contributed by atoms with van der Waals surface area (Å²) in [4.78, 5) is 0.